The second-order valence-corrected chi connectivity index (χ2v) is 7.39. The molecule has 1 amide bonds. The molecule has 144 valence electrons. The molecule has 0 aliphatic carbocycles. The van der Waals surface area contributed by atoms with Crippen LogP contribution < -0.4 is 10.1 Å². The molecule has 1 aromatic heterocycles. The molecule has 28 heavy (non-hydrogen) atoms. The van der Waals surface area contributed by atoms with Gasteiger partial charge in [-0.25, -0.2) is 4.98 Å². The minimum atomic E-state index is -0.151. The molecule has 0 bridgehead atoms. The first-order valence-corrected chi connectivity index (χ1v) is 9.87. The molecule has 0 unspecified atom stereocenters. The lowest BCUT2D eigenvalue weighted by Crippen LogP contribution is -2.30. The van der Waals surface area contributed by atoms with Gasteiger partial charge in [0, 0.05) is 19.0 Å². The zero-order valence-corrected chi connectivity index (χ0v) is 16.7. The van der Waals surface area contributed by atoms with Gasteiger partial charge in [-0.15, -0.1) is 11.3 Å². The Balaban J connectivity index is 1.48. The van der Waals surface area contributed by atoms with E-state index in [1.54, 1.807) is 19.1 Å². The number of carbonyl (C=O) groups is 2. The van der Waals surface area contributed by atoms with E-state index in [1.165, 1.54) is 16.9 Å². The topological polar surface area (TPSA) is 68.3 Å². The maximum absolute atomic E-state index is 11.9. The summed E-state index contributed by atoms with van der Waals surface area (Å²) in [5, 5.41) is 3.65. The number of benzene rings is 2. The van der Waals surface area contributed by atoms with Gasteiger partial charge in [-0.1, -0.05) is 30.3 Å². The first-order valence-electron chi connectivity index (χ1n) is 9.05. The van der Waals surface area contributed by atoms with Crippen molar-refractivity contribution in [1.82, 2.24) is 10.3 Å². The minimum Gasteiger partial charge on any atom is -0.484 e. The highest BCUT2D eigenvalue weighted by Crippen LogP contribution is 2.29. The molecule has 5 nitrogen and oxygen atoms in total. The Kier molecular flexibility index (Phi) is 6.55. The summed E-state index contributed by atoms with van der Waals surface area (Å²) in [6, 6.07) is 17.4. The van der Waals surface area contributed by atoms with Gasteiger partial charge in [-0.3, -0.25) is 9.59 Å². The minimum absolute atomic E-state index is 0.0273. The van der Waals surface area contributed by atoms with Crippen LogP contribution in [0.2, 0.25) is 0 Å². The van der Waals surface area contributed by atoms with Gasteiger partial charge in [-0.05, 0) is 43.2 Å². The Labute approximate surface area is 168 Å². The van der Waals surface area contributed by atoms with Crippen LogP contribution >= 0.6 is 11.3 Å². The molecule has 0 aliphatic rings. The summed E-state index contributed by atoms with van der Waals surface area (Å²) in [4.78, 5) is 28.6. The van der Waals surface area contributed by atoms with Gasteiger partial charge in [0.1, 0.15) is 10.8 Å². The number of Topliss-reactive ketones (excluding diaryl/α,β-unsaturated/α-hetero) is 1. The van der Waals surface area contributed by atoms with Gasteiger partial charge in [0.2, 0.25) is 0 Å². The van der Waals surface area contributed by atoms with E-state index in [0.717, 1.165) is 22.7 Å². The number of rotatable bonds is 8. The van der Waals surface area contributed by atoms with Crippen molar-refractivity contribution in [2.24, 2.45) is 0 Å². The zero-order chi connectivity index (χ0) is 19.9. The van der Waals surface area contributed by atoms with E-state index in [0.29, 0.717) is 17.2 Å². The molecule has 0 radical (unpaired) electrons. The predicted molar refractivity (Wildman–Crippen MR) is 111 cm³/mol. The number of hydrogen-bond donors (Lipinski definition) is 1. The lowest BCUT2D eigenvalue weighted by atomic mass is 10.1. The molecular weight excluding hydrogens is 372 g/mol. The van der Waals surface area contributed by atoms with Crippen LogP contribution in [0.15, 0.2) is 54.6 Å². The predicted octanol–water partition coefficient (Wildman–Crippen LogP) is 4.06. The van der Waals surface area contributed by atoms with Crippen molar-refractivity contribution in [2.45, 2.75) is 20.3 Å². The fourth-order valence-electron chi connectivity index (χ4n) is 2.73. The standard InChI is InChI=1S/C22H22N2O3S/c1-15-21(16(2)25)28-22(24-15)18-8-10-19(11-9-18)27-14-20(26)23-13-12-17-6-4-3-5-7-17/h3-11H,12-14H2,1-2H3,(H,23,26). The van der Waals surface area contributed by atoms with Crippen molar-refractivity contribution >= 4 is 23.0 Å². The van der Waals surface area contributed by atoms with Gasteiger partial charge in [0.15, 0.2) is 12.4 Å². The lowest BCUT2D eigenvalue weighted by Gasteiger charge is -2.08. The third-order valence-corrected chi connectivity index (χ3v) is 5.47. The Bertz CT molecular complexity index is 950. The SMILES string of the molecule is CC(=O)c1sc(-c2ccc(OCC(=O)NCCc3ccccc3)cc2)nc1C. The molecule has 1 heterocycles. The quantitative estimate of drug-likeness (QED) is 0.585. The number of thiazole rings is 1. The van der Waals surface area contributed by atoms with Gasteiger partial charge < -0.3 is 10.1 Å². The summed E-state index contributed by atoms with van der Waals surface area (Å²) >= 11 is 1.39. The summed E-state index contributed by atoms with van der Waals surface area (Å²) in [5.41, 5.74) is 2.85. The van der Waals surface area contributed by atoms with Crippen LogP contribution in [0.25, 0.3) is 10.6 Å². The third kappa shape index (κ3) is 5.27. The number of nitrogens with one attached hydrogen (secondary N) is 1. The molecule has 6 heteroatoms. The number of nitrogens with zero attached hydrogens (tertiary/aromatic N) is 1. The van der Waals surface area contributed by atoms with Gasteiger partial charge in [0.25, 0.3) is 5.91 Å². The van der Waals surface area contributed by atoms with Crippen molar-refractivity contribution < 1.29 is 14.3 Å². The summed E-state index contributed by atoms with van der Waals surface area (Å²) < 4.78 is 5.55. The fraction of sp³-hybridized carbons (Fsp3) is 0.227. The maximum atomic E-state index is 11.9. The normalized spacial score (nSPS) is 10.5. The summed E-state index contributed by atoms with van der Waals surface area (Å²) in [6.07, 6.45) is 0.788. The number of carbonyl (C=O) groups excluding carboxylic acids is 2. The van der Waals surface area contributed by atoms with Crippen molar-refractivity contribution in [2.75, 3.05) is 13.2 Å². The number of ketones is 1. The van der Waals surface area contributed by atoms with Gasteiger partial charge in [0.05, 0.1) is 10.6 Å². The monoisotopic (exact) mass is 394 g/mol. The van der Waals surface area contributed by atoms with Gasteiger partial charge >= 0.3 is 0 Å². The van der Waals surface area contributed by atoms with Crippen molar-refractivity contribution in [3.63, 3.8) is 0 Å². The number of ether oxygens (including phenoxy) is 1. The van der Waals surface area contributed by atoms with E-state index in [4.69, 9.17) is 4.74 Å². The van der Waals surface area contributed by atoms with E-state index in [9.17, 15) is 9.59 Å². The zero-order valence-electron chi connectivity index (χ0n) is 15.9. The highest BCUT2D eigenvalue weighted by molar-refractivity contribution is 7.17. The van der Waals surface area contributed by atoms with Crippen LogP contribution in [-0.2, 0) is 11.2 Å². The van der Waals surface area contributed by atoms with Crippen molar-refractivity contribution in [3.8, 4) is 16.3 Å². The average Bonchev–Trinajstić information content (AvgIpc) is 3.10. The molecule has 3 rings (SSSR count). The third-order valence-electron chi connectivity index (χ3n) is 4.17. The Morgan fingerprint density at radius 2 is 1.79 bits per heavy atom. The Hall–Kier alpha value is -2.99. The maximum Gasteiger partial charge on any atom is 0.257 e. The number of amides is 1. The van der Waals surface area contributed by atoms with Crippen LogP contribution in [0, 0.1) is 6.92 Å². The van der Waals surface area contributed by atoms with E-state index >= 15 is 0 Å². The molecule has 0 saturated carbocycles. The summed E-state index contributed by atoms with van der Waals surface area (Å²) in [5.74, 6) is 0.489. The smallest absolute Gasteiger partial charge is 0.257 e. The molecule has 0 saturated heterocycles. The van der Waals surface area contributed by atoms with Gasteiger partial charge in [-0.2, -0.15) is 0 Å². The first kappa shape index (κ1) is 19.8. The second kappa shape index (κ2) is 9.28. The first-order chi connectivity index (χ1) is 13.5. The number of hydrogen-bond acceptors (Lipinski definition) is 5. The van der Waals surface area contributed by atoms with Crippen molar-refractivity contribution in [1.29, 1.82) is 0 Å². The van der Waals surface area contributed by atoms with Crippen LogP contribution in [-0.4, -0.2) is 29.8 Å². The molecular formula is C22H22N2O3S. The van der Waals surface area contributed by atoms with E-state index in [1.807, 2.05) is 49.4 Å². The molecule has 0 spiro atoms. The van der Waals surface area contributed by atoms with Crippen LogP contribution in [0.3, 0.4) is 0 Å². The highest BCUT2D eigenvalue weighted by Gasteiger charge is 2.13. The largest absolute Gasteiger partial charge is 0.484 e. The highest BCUT2D eigenvalue weighted by atomic mass is 32.1. The molecule has 1 N–H and O–H groups in total. The Morgan fingerprint density at radius 3 is 2.43 bits per heavy atom. The number of aromatic nitrogens is 1. The van der Waals surface area contributed by atoms with E-state index < -0.39 is 0 Å². The molecule has 0 fully saturated rings. The lowest BCUT2D eigenvalue weighted by molar-refractivity contribution is -0.123. The molecule has 0 atom stereocenters. The van der Waals surface area contributed by atoms with Crippen LogP contribution in [0.5, 0.6) is 5.75 Å². The Morgan fingerprint density at radius 1 is 1.07 bits per heavy atom. The number of aryl methyl sites for hydroxylation is 1. The van der Waals surface area contributed by atoms with Crippen LogP contribution in [0.4, 0.5) is 0 Å². The molecule has 0 aliphatic heterocycles. The molecule has 3 aromatic rings. The summed E-state index contributed by atoms with van der Waals surface area (Å²) in [6.45, 7) is 3.93. The fourth-order valence-corrected chi connectivity index (χ4v) is 3.70. The average molecular weight is 394 g/mol. The van der Waals surface area contributed by atoms with E-state index in [2.05, 4.69) is 10.3 Å². The van der Waals surface area contributed by atoms with Crippen LogP contribution in [0.1, 0.15) is 27.9 Å². The molecule has 2 aromatic carbocycles. The van der Waals surface area contributed by atoms with Crippen molar-refractivity contribution in [3.05, 3.63) is 70.7 Å². The second-order valence-electron chi connectivity index (χ2n) is 6.39. The van der Waals surface area contributed by atoms with E-state index in [-0.39, 0.29) is 18.3 Å². The summed E-state index contributed by atoms with van der Waals surface area (Å²) in [7, 11) is 0.